The molecule has 0 aliphatic heterocycles. The fraction of sp³-hybridized carbons (Fsp3) is 0.200. The van der Waals surface area contributed by atoms with E-state index in [4.69, 9.17) is 0 Å². The minimum Gasteiger partial charge on any atom is -0.609 e. The molecule has 3 aromatic rings. The summed E-state index contributed by atoms with van der Waals surface area (Å²) in [7, 11) is -3.16. The van der Waals surface area contributed by atoms with Crippen LogP contribution in [0, 0.1) is 0 Å². The third-order valence-electron chi connectivity index (χ3n) is 3.35. The minimum atomic E-state index is -3.16. The second kappa shape index (κ2) is 5.95. The summed E-state index contributed by atoms with van der Waals surface area (Å²) in [6.07, 6.45) is 4.33. The number of sulfone groups is 1. The van der Waals surface area contributed by atoms with Crippen LogP contribution in [0.5, 0.6) is 0 Å². The van der Waals surface area contributed by atoms with Gasteiger partial charge in [-0.15, -0.1) is 0 Å². The molecule has 120 valence electrons. The van der Waals surface area contributed by atoms with Gasteiger partial charge in [0.2, 0.25) is 0 Å². The van der Waals surface area contributed by atoms with Crippen molar-refractivity contribution in [2.24, 2.45) is 0 Å². The highest BCUT2D eigenvalue weighted by Gasteiger charge is 2.16. The van der Waals surface area contributed by atoms with E-state index >= 15 is 0 Å². The molecule has 8 heteroatoms. The molecule has 1 unspecified atom stereocenters. The fourth-order valence-corrected chi connectivity index (χ4v) is 3.62. The molecule has 0 N–H and O–H groups in total. The summed E-state index contributed by atoms with van der Waals surface area (Å²) in [6.45, 7) is 0. The van der Waals surface area contributed by atoms with Crippen LogP contribution in [0.15, 0.2) is 47.8 Å². The average Bonchev–Trinajstić information content (AvgIpc) is 2.89. The Kier molecular flexibility index (Phi) is 4.13. The second-order valence-electron chi connectivity index (χ2n) is 5.28. The normalized spacial score (nSPS) is 13.3. The highest BCUT2D eigenvalue weighted by molar-refractivity contribution is 7.90. The smallest absolute Gasteiger partial charge is 0.359 e. The van der Waals surface area contributed by atoms with Gasteiger partial charge in [-0.05, 0) is 17.7 Å². The van der Waals surface area contributed by atoms with Crippen LogP contribution >= 0.6 is 0 Å². The zero-order valence-electron chi connectivity index (χ0n) is 12.6. The topological polar surface area (TPSA) is 87.4 Å². The van der Waals surface area contributed by atoms with Gasteiger partial charge in [0.15, 0.2) is 9.84 Å². The molecule has 0 bridgehead atoms. The zero-order valence-corrected chi connectivity index (χ0v) is 14.3. The molecule has 0 amide bonds. The first-order valence-corrected chi connectivity index (χ1v) is 10.4. The van der Waals surface area contributed by atoms with Gasteiger partial charge in [0.1, 0.15) is 6.26 Å². The first-order chi connectivity index (χ1) is 10.8. The molecule has 0 saturated carbocycles. The van der Waals surface area contributed by atoms with E-state index in [0.717, 1.165) is 16.8 Å². The molecule has 6 nitrogen and oxygen atoms in total. The first kappa shape index (κ1) is 16.0. The quantitative estimate of drug-likeness (QED) is 0.669. The predicted octanol–water partition coefficient (Wildman–Crippen LogP) is 1.68. The number of hydrogen-bond acceptors (Lipinski definition) is 5. The second-order valence-corrected chi connectivity index (χ2v) is 8.69. The van der Waals surface area contributed by atoms with Gasteiger partial charge >= 0.3 is 5.16 Å². The van der Waals surface area contributed by atoms with Crippen LogP contribution in [0.3, 0.4) is 0 Å². The van der Waals surface area contributed by atoms with Crippen LogP contribution in [0.1, 0.15) is 5.56 Å². The highest BCUT2D eigenvalue weighted by Crippen LogP contribution is 2.26. The van der Waals surface area contributed by atoms with Crippen LogP contribution in [-0.4, -0.2) is 40.1 Å². The van der Waals surface area contributed by atoms with Gasteiger partial charge in [0.25, 0.3) is 0 Å². The van der Waals surface area contributed by atoms with Crippen LogP contribution in [0.2, 0.25) is 0 Å². The van der Waals surface area contributed by atoms with E-state index in [2.05, 4.69) is 10.1 Å². The summed E-state index contributed by atoms with van der Waals surface area (Å²) < 4.78 is 36.6. The Morgan fingerprint density at radius 3 is 2.65 bits per heavy atom. The molecule has 23 heavy (non-hydrogen) atoms. The van der Waals surface area contributed by atoms with Crippen molar-refractivity contribution in [1.29, 1.82) is 0 Å². The van der Waals surface area contributed by atoms with Crippen molar-refractivity contribution in [2.45, 2.75) is 10.9 Å². The summed E-state index contributed by atoms with van der Waals surface area (Å²) in [5.41, 5.74) is 2.98. The molecule has 0 aliphatic carbocycles. The van der Waals surface area contributed by atoms with Crippen molar-refractivity contribution < 1.29 is 13.0 Å². The number of fused-ring (bicyclic) bond motifs is 1. The monoisotopic (exact) mass is 349 g/mol. The Morgan fingerprint density at radius 1 is 1.22 bits per heavy atom. The van der Waals surface area contributed by atoms with Crippen molar-refractivity contribution in [1.82, 2.24) is 14.6 Å². The van der Waals surface area contributed by atoms with Crippen molar-refractivity contribution >= 4 is 26.5 Å². The lowest BCUT2D eigenvalue weighted by molar-refractivity contribution is 0.586. The molecule has 1 atom stereocenters. The third kappa shape index (κ3) is 3.39. The van der Waals surface area contributed by atoms with Gasteiger partial charge in [-0.25, -0.2) is 12.9 Å². The van der Waals surface area contributed by atoms with Gasteiger partial charge in [0.05, 0.1) is 23.2 Å². The largest absolute Gasteiger partial charge is 0.609 e. The lowest BCUT2D eigenvalue weighted by Gasteiger charge is -2.09. The van der Waals surface area contributed by atoms with E-state index in [9.17, 15) is 13.0 Å². The number of aromatic nitrogens is 3. The van der Waals surface area contributed by atoms with Crippen LogP contribution in [0.4, 0.5) is 0 Å². The maximum Gasteiger partial charge on any atom is 0.359 e. The Hall–Kier alpha value is -1.90. The Balaban J connectivity index is 2.19. The molecule has 2 aromatic heterocycles. The Morgan fingerprint density at radius 2 is 1.96 bits per heavy atom. The van der Waals surface area contributed by atoms with E-state index in [1.54, 1.807) is 22.8 Å². The van der Waals surface area contributed by atoms with E-state index in [1.807, 2.05) is 24.3 Å². The SMILES string of the molecule is C[S+]([O-])c1ncc2ccc(-c3ccccc3CS(C)(=O)=O)n2n1. The molecular formula is C15H15N3O3S2. The van der Waals surface area contributed by atoms with Crippen molar-refractivity contribution in [3.05, 3.63) is 48.2 Å². The standard InChI is InChI=1S/C15H15N3O3S2/c1-22(19)15-16-9-12-7-8-14(18(12)17-15)13-6-4-3-5-11(13)10-23(2,20)21/h3-9H,10H2,1-2H3. The van der Waals surface area contributed by atoms with Crippen LogP contribution in [0.25, 0.3) is 16.8 Å². The van der Waals surface area contributed by atoms with Gasteiger partial charge in [-0.1, -0.05) is 29.4 Å². The number of rotatable bonds is 4. The number of hydrogen-bond donors (Lipinski definition) is 0. The van der Waals surface area contributed by atoms with E-state index in [0.29, 0.717) is 5.56 Å². The summed E-state index contributed by atoms with van der Waals surface area (Å²) in [6, 6.07) is 11.0. The number of nitrogens with zero attached hydrogens (tertiary/aromatic N) is 3. The lowest BCUT2D eigenvalue weighted by Crippen LogP contribution is -2.08. The highest BCUT2D eigenvalue weighted by atomic mass is 32.2. The summed E-state index contributed by atoms with van der Waals surface area (Å²) in [4.78, 5) is 4.07. The zero-order chi connectivity index (χ0) is 16.6. The molecular weight excluding hydrogens is 334 g/mol. The third-order valence-corrected chi connectivity index (χ3v) is 4.88. The van der Waals surface area contributed by atoms with Gasteiger partial charge < -0.3 is 4.55 Å². The first-order valence-electron chi connectivity index (χ1n) is 6.79. The molecule has 0 saturated heterocycles. The van der Waals surface area contributed by atoms with E-state index in [1.165, 1.54) is 12.5 Å². The van der Waals surface area contributed by atoms with Crippen molar-refractivity contribution in [2.75, 3.05) is 12.5 Å². The van der Waals surface area contributed by atoms with Crippen molar-refractivity contribution in [3.63, 3.8) is 0 Å². The van der Waals surface area contributed by atoms with Crippen LogP contribution < -0.4 is 0 Å². The molecule has 0 aliphatic rings. The fourth-order valence-electron chi connectivity index (χ4n) is 2.40. The minimum absolute atomic E-state index is 0.0476. The molecule has 0 spiro atoms. The van der Waals surface area contributed by atoms with Gasteiger partial charge in [0, 0.05) is 23.0 Å². The summed E-state index contributed by atoms with van der Waals surface area (Å²) >= 11 is -1.29. The molecule has 2 heterocycles. The number of benzene rings is 1. The summed E-state index contributed by atoms with van der Waals surface area (Å²) in [5, 5.41) is 4.54. The molecule has 0 fully saturated rings. The van der Waals surface area contributed by atoms with E-state index < -0.39 is 21.0 Å². The lowest BCUT2D eigenvalue weighted by atomic mass is 10.1. The predicted molar refractivity (Wildman–Crippen MR) is 89.3 cm³/mol. The maximum atomic E-state index is 11.7. The van der Waals surface area contributed by atoms with E-state index in [-0.39, 0.29) is 10.9 Å². The Labute approximate surface area is 137 Å². The molecule has 3 rings (SSSR count). The van der Waals surface area contributed by atoms with Gasteiger partial charge in [-0.3, -0.25) is 0 Å². The van der Waals surface area contributed by atoms with Crippen LogP contribution in [-0.2, 0) is 26.8 Å². The molecule has 1 aromatic carbocycles. The summed E-state index contributed by atoms with van der Waals surface area (Å²) in [5.74, 6) is -0.0476. The van der Waals surface area contributed by atoms with Gasteiger partial charge in [-0.2, -0.15) is 4.98 Å². The Bertz CT molecular complexity index is 965. The average molecular weight is 349 g/mol. The maximum absolute atomic E-state index is 11.7. The molecule has 0 radical (unpaired) electrons. The van der Waals surface area contributed by atoms with Crippen molar-refractivity contribution in [3.8, 4) is 11.3 Å².